The normalized spacial score (nSPS) is 10.9. The Hall–Kier alpha value is -2.20. The van der Waals surface area contributed by atoms with Gasteiger partial charge in [-0.2, -0.15) is 0 Å². The minimum absolute atomic E-state index is 0.466. The second-order valence-electron chi connectivity index (χ2n) is 4.55. The van der Waals surface area contributed by atoms with Crippen LogP contribution in [0.4, 0.5) is 5.69 Å². The fourth-order valence-corrected chi connectivity index (χ4v) is 2.36. The highest BCUT2D eigenvalue weighted by Gasteiger charge is 2.15. The molecule has 0 radical (unpaired) electrons. The lowest BCUT2D eigenvalue weighted by molar-refractivity contribution is 0.414. The Labute approximate surface area is 121 Å². The van der Waals surface area contributed by atoms with E-state index in [1.54, 1.807) is 31.4 Å². The SMILES string of the molecule is COc1ccc(Cl)cc1-c1nc2cc(N)cc(C)c2o1. The molecule has 2 N–H and O–H groups in total. The molecular formula is C15H13ClN2O2. The molecule has 4 nitrogen and oxygen atoms in total. The Bertz CT molecular complexity index is 796. The summed E-state index contributed by atoms with van der Waals surface area (Å²) in [5, 5.41) is 0.597. The maximum atomic E-state index is 6.03. The number of aryl methyl sites for hydroxylation is 1. The summed E-state index contributed by atoms with van der Waals surface area (Å²) in [7, 11) is 1.60. The molecule has 2 aromatic carbocycles. The number of nitrogens with zero attached hydrogens (tertiary/aromatic N) is 1. The molecule has 0 unspecified atom stereocenters. The van der Waals surface area contributed by atoms with Gasteiger partial charge in [0.05, 0.1) is 12.7 Å². The molecule has 0 saturated heterocycles. The molecule has 0 spiro atoms. The number of aromatic nitrogens is 1. The first-order valence-corrected chi connectivity index (χ1v) is 6.47. The van der Waals surface area contributed by atoms with E-state index in [-0.39, 0.29) is 0 Å². The van der Waals surface area contributed by atoms with Crippen molar-refractivity contribution in [2.45, 2.75) is 6.92 Å². The third-order valence-corrected chi connectivity index (χ3v) is 3.33. The van der Waals surface area contributed by atoms with Gasteiger partial charge in [0, 0.05) is 10.7 Å². The van der Waals surface area contributed by atoms with Gasteiger partial charge in [-0.1, -0.05) is 11.6 Å². The van der Waals surface area contributed by atoms with Gasteiger partial charge in [-0.3, -0.25) is 0 Å². The van der Waals surface area contributed by atoms with Crippen LogP contribution in [-0.4, -0.2) is 12.1 Å². The molecule has 0 aliphatic rings. The Balaban J connectivity index is 2.25. The molecule has 20 heavy (non-hydrogen) atoms. The summed E-state index contributed by atoms with van der Waals surface area (Å²) in [6.45, 7) is 1.93. The van der Waals surface area contributed by atoms with E-state index in [1.807, 2.05) is 13.0 Å². The van der Waals surface area contributed by atoms with Crippen LogP contribution in [0.15, 0.2) is 34.7 Å². The summed E-state index contributed by atoms with van der Waals surface area (Å²) in [5.41, 5.74) is 9.59. The molecule has 0 fully saturated rings. The Morgan fingerprint density at radius 3 is 2.80 bits per heavy atom. The highest BCUT2D eigenvalue weighted by Crippen LogP contribution is 2.35. The molecule has 102 valence electrons. The van der Waals surface area contributed by atoms with Gasteiger partial charge in [0.15, 0.2) is 5.58 Å². The first-order valence-electron chi connectivity index (χ1n) is 6.09. The summed E-state index contributed by atoms with van der Waals surface area (Å²) in [5.74, 6) is 1.12. The Kier molecular flexibility index (Phi) is 3.03. The highest BCUT2D eigenvalue weighted by atomic mass is 35.5. The average Bonchev–Trinajstić information content (AvgIpc) is 2.82. The van der Waals surface area contributed by atoms with Gasteiger partial charge in [0.2, 0.25) is 5.89 Å². The summed E-state index contributed by atoms with van der Waals surface area (Å²) >= 11 is 6.03. The zero-order valence-corrected chi connectivity index (χ0v) is 11.9. The topological polar surface area (TPSA) is 61.3 Å². The van der Waals surface area contributed by atoms with E-state index >= 15 is 0 Å². The van der Waals surface area contributed by atoms with E-state index in [0.717, 1.165) is 16.7 Å². The number of halogens is 1. The maximum Gasteiger partial charge on any atom is 0.231 e. The van der Waals surface area contributed by atoms with Gasteiger partial charge in [0.25, 0.3) is 0 Å². The minimum Gasteiger partial charge on any atom is -0.496 e. The number of benzene rings is 2. The molecule has 3 rings (SSSR count). The summed E-state index contributed by atoms with van der Waals surface area (Å²) in [6, 6.07) is 8.95. The Morgan fingerprint density at radius 1 is 1.25 bits per heavy atom. The fraction of sp³-hybridized carbons (Fsp3) is 0.133. The average molecular weight is 289 g/mol. The van der Waals surface area contributed by atoms with Crippen LogP contribution in [0.2, 0.25) is 5.02 Å². The number of hydrogen-bond donors (Lipinski definition) is 1. The molecule has 3 aromatic rings. The second kappa shape index (κ2) is 4.72. The van der Waals surface area contributed by atoms with E-state index < -0.39 is 0 Å². The molecule has 5 heteroatoms. The third-order valence-electron chi connectivity index (χ3n) is 3.09. The first-order chi connectivity index (χ1) is 9.58. The quantitative estimate of drug-likeness (QED) is 0.723. The molecule has 1 heterocycles. The molecule has 0 aliphatic heterocycles. The number of oxazole rings is 1. The smallest absolute Gasteiger partial charge is 0.231 e. The number of nitrogen functional groups attached to an aromatic ring is 1. The van der Waals surface area contributed by atoms with Gasteiger partial charge in [-0.05, 0) is 42.8 Å². The number of rotatable bonds is 2. The highest BCUT2D eigenvalue weighted by molar-refractivity contribution is 6.30. The lowest BCUT2D eigenvalue weighted by Gasteiger charge is -2.05. The van der Waals surface area contributed by atoms with E-state index in [4.69, 9.17) is 26.5 Å². The van der Waals surface area contributed by atoms with Crippen LogP contribution in [0.3, 0.4) is 0 Å². The number of methoxy groups -OCH3 is 1. The van der Waals surface area contributed by atoms with Crippen molar-refractivity contribution in [3.8, 4) is 17.2 Å². The number of hydrogen-bond acceptors (Lipinski definition) is 4. The van der Waals surface area contributed by atoms with Crippen molar-refractivity contribution in [3.63, 3.8) is 0 Å². The van der Waals surface area contributed by atoms with Crippen LogP contribution in [0.5, 0.6) is 5.75 Å². The van der Waals surface area contributed by atoms with Crippen LogP contribution < -0.4 is 10.5 Å². The summed E-state index contributed by atoms with van der Waals surface area (Å²) in [6.07, 6.45) is 0. The van der Waals surface area contributed by atoms with Crippen molar-refractivity contribution >= 4 is 28.4 Å². The molecule has 0 amide bonds. The molecular weight excluding hydrogens is 276 g/mol. The summed E-state index contributed by atoms with van der Waals surface area (Å²) < 4.78 is 11.2. The molecule has 1 aromatic heterocycles. The van der Waals surface area contributed by atoms with Crippen LogP contribution in [0.25, 0.3) is 22.6 Å². The predicted molar refractivity (Wildman–Crippen MR) is 80.2 cm³/mol. The third kappa shape index (κ3) is 2.08. The number of anilines is 1. The molecule has 0 aliphatic carbocycles. The van der Waals surface area contributed by atoms with E-state index in [0.29, 0.717) is 27.9 Å². The van der Waals surface area contributed by atoms with Crippen LogP contribution in [0.1, 0.15) is 5.56 Å². The van der Waals surface area contributed by atoms with Gasteiger partial charge in [0.1, 0.15) is 11.3 Å². The van der Waals surface area contributed by atoms with Crippen molar-refractivity contribution in [3.05, 3.63) is 40.9 Å². The molecule has 0 atom stereocenters. The van der Waals surface area contributed by atoms with E-state index in [9.17, 15) is 0 Å². The van der Waals surface area contributed by atoms with Crippen molar-refractivity contribution < 1.29 is 9.15 Å². The van der Waals surface area contributed by atoms with Crippen molar-refractivity contribution in [1.29, 1.82) is 0 Å². The molecule has 0 saturated carbocycles. The van der Waals surface area contributed by atoms with Gasteiger partial charge >= 0.3 is 0 Å². The number of nitrogens with two attached hydrogens (primary N) is 1. The Morgan fingerprint density at radius 2 is 2.05 bits per heavy atom. The van der Waals surface area contributed by atoms with Crippen LogP contribution >= 0.6 is 11.6 Å². The van der Waals surface area contributed by atoms with Gasteiger partial charge in [-0.25, -0.2) is 4.98 Å². The van der Waals surface area contributed by atoms with Gasteiger partial charge in [-0.15, -0.1) is 0 Å². The lowest BCUT2D eigenvalue weighted by atomic mass is 10.2. The minimum atomic E-state index is 0.466. The predicted octanol–water partition coefficient (Wildman–Crippen LogP) is 4.05. The monoisotopic (exact) mass is 288 g/mol. The molecule has 0 bridgehead atoms. The lowest BCUT2D eigenvalue weighted by Crippen LogP contribution is -1.87. The largest absolute Gasteiger partial charge is 0.496 e. The van der Waals surface area contributed by atoms with E-state index in [2.05, 4.69) is 4.98 Å². The number of fused-ring (bicyclic) bond motifs is 1. The maximum absolute atomic E-state index is 6.03. The van der Waals surface area contributed by atoms with Gasteiger partial charge < -0.3 is 14.9 Å². The zero-order valence-electron chi connectivity index (χ0n) is 11.1. The fourth-order valence-electron chi connectivity index (χ4n) is 2.19. The second-order valence-corrected chi connectivity index (χ2v) is 4.99. The van der Waals surface area contributed by atoms with Crippen molar-refractivity contribution in [2.24, 2.45) is 0 Å². The summed E-state index contributed by atoms with van der Waals surface area (Å²) in [4.78, 5) is 4.47. The van der Waals surface area contributed by atoms with E-state index in [1.165, 1.54) is 0 Å². The van der Waals surface area contributed by atoms with Crippen molar-refractivity contribution in [2.75, 3.05) is 12.8 Å². The standard InChI is InChI=1S/C15H13ClN2O2/c1-8-5-10(17)7-12-14(8)20-15(18-12)11-6-9(16)3-4-13(11)19-2/h3-7H,17H2,1-2H3. The van der Waals surface area contributed by atoms with Crippen molar-refractivity contribution in [1.82, 2.24) is 4.98 Å². The first kappa shape index (κ1) is 12.8. The van der Waals surface area contributed by atoms with Crippen LogP contribution in [-0.2, 0) is 0 Å². The van der Waals surface area contributed by atoms with Crippen LogP contribution in [0, 0.1) is 6.92 Å². The number of ether oxygens (including phenoxy) is 1. The zero-order chi connectivity index (χ0) is 14.3.